The maximum absolute atomic E-state index is 12.6. The molecular formula is C17H19ClN5O8P. The zero-order valence-corrected chi connectivity index (χ0v) is 17.9. The number of ether oxygens (including phenoxy) is 1. The van der Waals surface area contributed by atoms with E-state index < -0.39 is 44.5 Å². The molecule has 1 aromatic carbocycles. The Hall–Kier alpha value is -2.35. The predicted molar refractivity (Wildman–Crippen MR) is 107 cm³/mol. The van der Waals surface area contributed by atoms with E-state index in [4.69, 9.17) is 27.0 Å². The zero-order chi connectivity index (χ0) is 23.2. The minimum absolute atomic E-state index is 0.0645. The highest BCUT2D eigenvalue weighted by Gasteiger charge is 2.47. The Labute approximate surface area is 184 Å². The van der Waals surface area contributed by atoms with Crippen molar-refractivity contribution in [3.8, 4) is 0 Å². The van der Waals surface area contributed by atoms with Crippen molar-refractivity contribution in [3.05, 3.63) is 51.5 Å². The molecule has 172 valence electrons. The third-order valence-electron chi connectivity index (χ3n) is 4.97. The van der Waals surface area contributed by atoms with Crippen LogP contribution in [0.15, 0.2) is 35.4 Å². The first-order chi connectivity index (χ1) is 15.0. The fraction of sp³-hybridized carbons (Fsp3) is 0.353. The number of phosphoric ester groups is 1. The standard InChI is InChI=1S/C17H19ClN5O8P/c18-9-3-1-8(2-4-9)5-22-7-23(14-11(22)15(26)21-17(19)20-14)16-13(25)12(24)10(31-16)6-30-32(27,28)29/h1-4,7,10,12-13,16,24-25H,5-6H2,(H4-,19,20,21,26,27,28,29)/t10-,12-,13-,16-/m1/s1. The lowest BCUT2D eigenvalue weighted by Crippen LogP contribution is -2.46. The second-order valence-electron chi connectivity index (χ2n) is 7.21. The zero-order valence-electron chi connectivity index (χ0n) is 16.2. The molecule has 1 saturated heterocycles. The summed E-state index contributed by atoms with van der Waals surface area (Å²) in [7, 11) is -5.06. The Kier molecular flexibility index (Phi) is 6.09. The van der Waals surface area contributed by atoms with Crippen LogP contribution in [0.3, 0.4) is 0 Å². The number of phosphoric acid groups is 1. The van der Waals surface area contributed by atoms with Gasteiger partial charge in [0.15, 0.2) is 6.33 Å². The minimum atomic E-state index is -5.06. The summed E-state index contributed by atoms with van der Waals surface area (Å²) in [5.74, 6) is -0.180. The quantitative estimate of drug-likeness (QED) is 0.199. The van der Waals surface area contributed by atoms with Crippen LogP contribution in [0.1, 0.15) is 11.8 Å². The lowest BCUT2D eigenvalue weighted by atomic mass is 10.1. The van der Waals surface area contributed by atoms with E-state index in [0.29, 0.717) is 5.02 Å². The number of aliphatic hydroxyl groups excluding tert-OH is 2. The second-order valence-corrected chi connectivity index (χ2v) is 8.84. The first-order valence-corrected chi connectivity index (χ1v) is 11.1. The molecule has 32 heavy (non-hydrogen) atoms. The summed E-state index contributed by atoms with van der Waals surface area (Å²) in [5.41, 5.74) is 6.14. The van der Waals surface area contributed by atoms with Gasteiger partial charge in [-0.1, -0.05) is 28.7 Å². The van der Waals surface area contributed by atoms with Crippen LogP contribution in [0.5, 0.6) is 0 Å². The number of benzene rings is 1. The number of imidazole rings is 1. The fourth-order valence-corrected chi connectivity index (χ4v) is 3.99. The van der Waals surface area contributed by atoms with Crippen LogP contribution in [-0.4, -0.2) is 54.6 Å². The van der Waals surface area contributed by atoms with Crippen molar-refractivity contribution >= 4 is 36.5 Å². The van der Waals surface area contributed by atoms with Gasteiger partial charge in [-0.15, -0.1) is 0 Å². The Morgan fingerprint density at radius 1 is 1.34 bits per heavy atom. The molecule has 15 heteroatoms. The lowest BCUT2D eigenvalue weighted by molar-refractivity contribution is -0.745. The number of halogens is 1. The molecule has 0 aliphatic carbocycles. The molecule has 6 N–H and O–H groups in total. The van der Waals surface area contributed by atoms with Crippen molar-refractivity contribution in [1.82, 2.24) is 14.5 Å². The Balaban J connectivity index is 1.73. The molecule has 4 rings (SSSR count). The number of nitrogens with two attached hydrogens (primary N) is 1. The summed E-state index contributed by atoms with van der Waals surface area (Å²) in [4.78, 5) is 38.8. The van der Waals surface area contributed by atoms with Crippen LogP contribution in [0.2, 0.25) is 5.02 Å². The van der Waals surface area contributed by atoms with Gasteiger partial charge in [-0.05, 0) is 17.7 Å². The number of nitrogen functional groups attached to an aromatic ring is 1. The molecule has 0 radical (unpaired) electrons. The maximum Gasteiger partial charge on any atom is 0.313 e. The van der Waals surface area contributed by atoms with E-state index in [1.807, 2.05) is 0 Å². The molecule has 0 bridgehead atoms. The number of H-pyrrole nitrogens is 1. The molecule has 0 saturated carbocycles. The van der Waals surface area contributed by atoms with Gasteiger partial charge in [0.25, 0.3) is 19.3 Å². The molecule has 5 atom stereocenters. The van der Waals surface area contributed by atoms with E-state index in [1.54, 1.807) is 28.8 Å². The third-order valence-corrected chi connectivity index (χ3v) is 5.70. The van der Waals surface area contributed by atoms with Crippen molar-refractivity contribution in [2.24, 2.45) is 0 Å². The number of rotatable bonds is 6. The van der Waals surface area contributed by atoms with Crippen LogP contribution in [-0.2, 0) is 20.4 Å². The van der Waals surface area contributed by atoms with Crippen molar-refractivity contribution in [3.63, 3.8) is 0 Å². The fourth-order valence-electron chi connectivity index (χ4n) is 3.53. The van der Waals surface area contributed by atoms with E-state index >= 15 is 0 Å². The summed E-state index contributed by atoms with van der Waals surface area (Å²) in [6.45, 7) is -0.497. The largest absolute Gasteiger partial charge is 0.756 e. The van der Waals surface area contributed by atoms with Crippen molar-refractivity contribution in [2.45, 2.75) is 31.1 Å². The number of nitrogens with one attached hydrogen (secondary N) is 1. The van der Waals surface area contributed by atoms with Gasteiger partial charge >= 0.3 is 5.65 Å². The van der Waals surface area contributed by atoms with Gasteiger partial charge in [-0.2, -0.15) is 0 Å². The smallest absolute Gasteiger partial charge is 0.313 e. The van der Waals surface area contributed by atoms with Crippen molar-refractivity contribution in [2.75, 3.05) is 12.3 Å². The average Bonchev–Trinajstić information content (AvgIpc) is 3.19. The number of fused-ring (bicyclic) bond motifs is 1. The van der Waals surface area contributed by atoms with Gasteiger partial charge in [0.1, 0.15) is 18.3 Å². The lowest BCUT2D eigenvalue weighted by Gasteiger charge is -2.19. The minimum Gasteiger partial charge on any atom is -0.756 e. The van der Waals surface area contributed by atoms with Gasteiger partial charge in [0.05, 0.1) is 13.2 Å². The molecule has 2 aromatic heterocycles. The van der Waals surface area contributed by atoms with Gasteiger partial charge in [0, 0.05) is 5.02 Å². The molecule has 1 unspecified atom stereocenters. The number of aliphatic hydroxyl groups is 2. The van der Waals surface area contributed by atoms with Gasteiger partial charge < -0.3 is 35.0 Å². The van der Waals surface area contributed by atoms with Gasteiger partial charge in [0.2, 0.25) is 11.7 Å². The summed E-state index contributed by atoms with van der Waals surface area (Å²) in [5, 5.41) is 21.3. The molecule has 3 heterocycles. The summed E-state index contributed by atoms with van der Waals surface area (Å²) in [6, 6.07) is 6.92. The Morgan fingerprint density at radius 2 is 2.03 bits per heavy atom. The van der Waals surface area contributed by atoms with Crippen molar-refractivity contribution in [1.29, 1.82) is 0 Å². The van der Waals surface area contributed by atoms with E-state index in [9.17, 15) is 24.5 Å². The van der Waals surface area contributed by atoms with Crippen LogP contribution < -0.4 is 20.8 Å². The summed E-state index contributed by atoms with van der Waals surface area (Å²) in [6.07, 6.45) is -4.17. The topological polar surface area (TPSA) is 200 Å². The number of nitrogens with zero attached hydrogens (tertiary/aromatic N) is 3. The molecule has 1 aliphatic heterocycles. The van der Waals surface area contributed by atoms with Gasteiger partial charge in [-0.3, -0.25) is 18.9 Å². The molecule has 13 nitrogen and oxygen atoms in total. The molecule has 0 amide bonds. The summed E-state index contributed by atoms with van der Waals surface area (Å²) >= 11 is 5.92. The van der Waals surface area contributed by atoms with Crippen LogP contribution in [0, 0.1) is 0 Å². The monoisotopic (exact) mass is 487 g/mol. The number of aromatic nitrogens is 4. The molecule has 1 aliphatic rings. The molecule has 0 spiro atoms. The van der Waals surface area contributed by atoms with E-state index in [1.165, 1.54) is 10.9 Å². The van der Waals surface area contributed by atoms with E-state index in [-0.39, 0.29) is 23.7 Å². The number of anilines is 1. The Morgan fingerprint density at radius 3 is 2.69 bits per heavy atom. The average molecular weight is 488 g/mol. The first kappa shape index (κ1) is 22.8. The van der Waals surface area contributed by atoms with Crippen LogP contribution in [0.25, 0.3) is 11.2 Å². The van der Waals surface area contributed by atoms with Crippen molar-refractivity contribution < 1.29 is 38.4 Å². The summed E-state index contributed by atoms with van der Waals surface area (Å²) < 4.78 is 23.6. The van der Waals surface area contributed by atoms with E-state index in [2.05, 4.69) is 14.5 Å². The van der Waals surface area contributed by atoms with Crippen LogP contribution in [0.4, 0.5) is 5.95 Å². The number of hydrogen-bond donors (Lipinski definition) is 5. The number of hydrogen-bond acceptors (Lipinski definition) is 9. The molecule has 3 aromatic rings. The van der Waals surface area contributed by atoms with Crippen LogP contribution >= 0.6 is 19.4 Å². The van der Waals surface area contributed by atoms with E-state index in [0.717, 1.165) is 5.56 Å². The Bertz CT molecular complexity index is 1240. The highest BCUT2D eigenvalue weighted by molar-refractivity contribution is 7.44. The highest BCUT2D eigenvalue weighted by atomic mass is 35.5. The predicted octanol–water partition coefficient (Wildman–Crippen LogP) is -1.61. The normalized spacial score (nSPS) is 25.3. The SMILES string of the molecule is Nc1nc2c(c(=O)[nH]1)n(Cc1ccc(Cl)cc1)c[n+]2[C@@H]1O[C@H](COP(=O)([O-])O)[C@@H](O)[C@H]1O. The number of aromatic amines is 1. The first-order valence-electron chi connectivity index (χ1n) is 9.27. The maximum atomic E-state index is 12.6. The van der Waals surface area contributed by atoms with Gasteiger partial charge in [-0.25, -0.2) is 4.57 Å². The highest BCUT2D eigenvalue weighted by Crippen LogP contribution is 2.34. The molecule has 1 fully saturated rings. The second kappa shape index (κ2) is 8.54. The third kappa shape index (κ3) is 4.56. The molecular weight excluding hydrogens is 469 g/mol.